The highest BCUT2D eigenvalue weighted by molar-refractivity contribution is 5.82. The minimum Gasteiger partial charge on any atom is -0.367 e. The Hall–Kier alpha value is -1.39. The molecule has 0 radical (unpaired) electrons. The Kier molecular flexibility index (Phi) is 2.84. The highest BCUT2D eigenvalue weighted by Crippen LogP contribution is 2.38. The highest BCUT2D eigenvalue weighted by atomic mass is 16.6. The molecule has 0 bridgehead atoms. The van der Waals surface area contributed by atoms with E-state index >= 15 is 0 Å². The Morgan fingerprint density at radius 1 is 1.39 bits per heavy atom. The number of nitrogens with zero attached hydrogens (tertiary/aromatic N) is 1. The largest absolute Gasteiger partial charge is 0.367 e. The summed E-state index contributed by atoms with van der Waals surface area (Å²) < 4.78 is 5.13. The minimum absolute atomic E-state index is 0.0151. The number of ether oxygens (including phenoxy) is 1. The van der Waals surface area contributed by atoms with Gasteiger partial charge in [-0.25, -0.2) is 0 Å². The molecule has 4 atom stereocenters. The molecule has 2 aliphatic heterocycles. The van der Waals surface area contributed by atoms with Crippen molar-refractivity contribution >= 4 is 5.91 Å². The molecule has 1 aromatic rings. The molecule has 0 spiro atoms. The Balaban J connectivity index is 1.81. The summed E-state index contributed by atoms with van der Waals surface area (Å²) in [7, 11) is 0. The van der Waals surface area contributed by atoms with Gasteiger partial charge in [-0.05, 0) is 12.5 Å². The molecule has 1 amide bonds. The Morgan fingerprint density at radius 2 is 2.11 bits per heavy atom. The zero-order chi connectivity index (χ0) is 12.7. The van der Waals surface area contributed by atoms with Gasteiger partial charge in [0.15, 0.2) is 6.29 Å². The fraction of sp³-hybridized carbons (Fsp3) is 0.500. The molecule has 0 aromatic heterocycles. The Labute approximate surface area is 106 Å². The normalized spacial score (nSPS) is 32.7. The van der Waals surface area contributed by atoms with Crippen LogP contribution in [0.5, 0.6) is 0 Å². The average molecular weight is 247 g/mol. The molecule has 4 nitrogen and oxygen atoms in total. The lowest BCUT2D eigenvalue weighted by Gasteiger charge is -2.26. The quantitative estimate of drug-likeness (QED) is 0.853. The second-order valence-electron chi connectivity index (χ2n) is 5.09. The molecule has 0 aliphatic carbocycles. The third-order valence-electron chi connectivity index (χ3n) is 4.05. The van der Waals surface area contributed by atoms with Gasteiger partial charge in [0.05, 0.1) is 18.6 Å². The van der Waals surface area contributed by atoms with E-state index in [0.29, 0.717) is 13.2 Å². The van der Waals surface area contributed by atoms with Gasteiger partial charge in [0.25, 0.3) is 0 Å². The van der Waals surface area contributed by atoms with Crippen LogP contribution < -0.4 is 0 Å². The number of hydrogen-bond acceptors (Lipinski definition) is 3. The van der Waals surface area contributed by atoms with Crippen LogP contribution >= 0.6 is 0 Å². The zero-order valence-corrected chi connectivity index (χ0v) is 10.3. The van der Waals surface area contributed by atoms with Crippen LogP contribution in [0.25, 0.3) is 0 Å². The molecule has 2 unspecified atom stereocenters. The number of hydrogen-bond donors (Lipinski definition) is 1. The molecule has 4 heteroatoms. The lowest BCUT2D eigenvalue weighted by Crippen LogP contribution is -2.34. The second-order valence-corrected chi connectivity index (χ2v) is 5.09. The van der Waals surface area contributed by atoms with E-state index in [1.54, 1.807) is 0 Å². The first-order chi connectivity index (χ1) is 8.68. The third-order valence-corrected chi connectivity index (χ3v) is 4.05. The van der Waals surface area contributed by atoms with E-state index in [1.165, 1.54) is 0 Å². The van der Waals surface area contributed by atoms with E-state index in [1.807, 2.05) is 42.2 Å². The van der Waals surface area contributed by atoms with Crippen LogP contribution in [-0.2, 0) is 9.53 Å². The van der Waals surface area contributed by atoms with Crippen LogP contribution in [0.3, 0.4) is 0 Å². The van der Waals surface area contributed by atoms with Gasteiger partial charge in [0.2, 0.25) is 5.91 Å². The molecule has 18 heavy (non-hydrogen) atoms. The van der Waals surface area contributed by atoms with Crippen molar-refractivity contribution in [3.8, 4) is 0 Å². The molecular weight excluding hydrogens is 230 g/mol. The lowest BCUT2D eigenvalue weighted by atomic mass is 9.99. The fourth-order valence-corrected chi connectivity index (χ4v) is 2.95. The third kappa shape index (κ3) is 1.72. The van der Waals surface area contributed by atoms with Gasteiger partial charge in [-0.2, -0.15) is 0 Å². The number of rotatable bonds is 2. The van der Waals surface area contributed by atoms with E-state index in [2.05, 4.69) is 0 Å². The number of likely N-dealkylation sites (tertiary alicyclic amines) is 1. The second kappa shape index (κ2) is 4.37. The zero-order valence-electron chi connectivity index (χ0n) is 10.3. The predicted octanol–water partition coefficient (Wildman–Crippen LogP) is 1.17. The van der Waals surface area contributed by atoms with E-state index in [0.717, 1.165) is 5.56 Å². The first kappa shape index (κ1) is 11.7. The average Bonchev–Trinajstić information content (AvgIpc) is 2.92. The van der Waals surface area contributed by atoms with E-state index < -0.39 is 6.29 Å². The standard InChI is InChI=1S/C14H17NO3/c1-9(10-5-3-2-4-6-10)15-7-11-8-18-14(17)12(11)13(15)16/h2-6,9,11-12,14,17H,7-8H2,1H3/t9-,11+,12?,14?/m1/s1. The number of benzene rings is 1. The summed E-state index contributed by atoms with van der Waals surface area (Å²) in [6.45, 7) is 3.19. The number of carbonyl (C=O) groups is 1. The van der Waals surface area contributed by atoms with Gasteiger partial charge in [-0.15, -0.1) is 0 Å². The molecule has 96 valence electrons. The number of fused-ring (bicyclic) bond motifs is 1. The van der Waals surface area contributed by atoms with Gasteiger partial charge in [-0.1, -0.05) is 30.3 Å². The van der Waals surface area contributed by atoms with Gasteiger partial charge < -0.3 is 14.7 Å². The van der Waals surface area contributed by atoms with Crippen molar-refractivity contribution < 1.29 is 14.6 Å². The summed E-state index contributed by atoms with van der Waals surface area (Å²) in [5.41, 5.74) is 1.13. The predicted molar refractivity (Wildman–Crippen MR) is 65.5 cm³/mol. The summed E-state index contributed by atoms with van der Waals surface area (Å²) >= 11 is 0. The van der Waals surface area contributed by atoms with E-state index in [9.17, 15) is 9.90 Å². The van der Waals surface area contributed by atoms with Crippen LogP contribution in [-0.4, -0.2) is 35.4 Å². The topological polar surface area (TPSA) is 49.8 Å². The van der Waals surface area contributed by atoms with Gasteiger partial charge in [0.1, 0.15) is 0 Å². The SMILES string of the molecule is C[C@H](c1ccccc1)N1C[C@H]2COC(O)C2C1=O. The van der Waals surface area contributed by atoms with Crippen molar-refractivity contribution in [2.24, 2.45) is 11.8 Å². The van der Waals surface area contributed by atoms with Gasteiger partial charge in [0, 0.05) is 12.5 Å². The number of carbonyl (C=O) groups excluding carboxylic acids is 1. The fourth-order valence-electron chi connectivity index (χ4n) is 2.95. The summed E-state index contributed by atoms with van der Waals surface area (Å²) in [6, 6.07) is 10.0. The van der Waals surface area contributed by atoms with Crippen molar-refractivity contribution in [3.63, 3.8) is 0 Å². The van der Waals surface area contributed by atoms with Crippen LogP contribution in [0.15, 0.2) is 30.3 Å². The van der Waals surface area contributed by atoms with Crippen molar-refractivity contribution in [2.75, 3.05) is 13.2 Å². The summed E-state index contributed by atoms with van der Waals surface area (Å²) in [5.74, 6) is -0.212. The number of amides is 1. The molecule has 1 aromatic carbocycles. The maximum Gasteiger partial charge on any atom is 0.231 e. The minimum atomic E-state index is -0.921. The molecule has 3 rings (SSSR count). The van der Waals surface area contributed by atoms with E-state index in [4.69, 9.17) is 4.74 Å². The maximum absolute atomic E-state index is 12.3. The highest BCUT2D eigenvalue weighted by Gasteiger charge is 2.50. The number of aliphatic hydroxyl groups excluding tert-OH is 1. The van der Waals surface area contributed by atoms with Crippen LogP contribution in [0.2, 0.25) is 0 Å². The summed E-state index contributed by atoms with van der Waals surface area (Å²) in [5, 5.41) is 9.67. The summed E-state index contributed by atoms with van der Waals surface area (Å²) in [4.78, 5) is 14.2. The van der Waals surface area contributed by atoms with E-state index in [-0.39, 0.29) is 23.8 Å². The Bertz CT molecular complexity index is 448. The molecule has 2 aliphatic rings. The van der Waals surface area contributed by atoms with Crippen molar-refractivity contribution in [2.45, 2.75) is 19.3 Å². The molecule has 2 fully saturated rings. The number of aliphatic hydroxyl groups is 1. The Morgan fingerprint density at radius 3 is 2.78 bits per heavy atom. The molecule has 2 heterocycles. The molecule has 1 N–H and O–H groups in total. The van der Waals surface area contributed by atoms with Crippen LogP contribution in [0, 0.1) is 11.8 Å². The lowest BCUT2D eigenvalue weighted by molar-refractivity contribution is -0.145. The van der Waals surface area contributed by atoms with Crippen LogP contribution in [0.4, 0.5) is 0 Å². The maximum atomic E-state index is 12.3. The van der Waals surface area contributed by atoms with Crippen molar-refractivity contribution in [3.05, 3.63) is 35.9 Å². The first-order valence-electron chi connectivity index (χ1n) is 6.33. The molecular formula is C14H17NO3. The monoisotopic (exact) mass is 247 g/mol. The van der Waals surface area contributed by atoms with Gasteiger partial charge in [-0.3, -0.25) is 4.79 Å². The summed E-state index contributed by atoms with van der Waals surface area (Å²) in [6.07, 6.45) is -0.921. The van der Waals surface area contributed by atoms with Crippen molar-refractivity contribution in [1.29, 1.82) is 0 Å². The molecule has 0 saturated carbocycles. The first-order valence-corrected chi connectivity index (χ1v) is 6.33. The van der Waals surface area contributed by atoms with Gasteiger partial charge >= 0.3 is 0 Å². The molecule has 2 saturated heterocycles. The van der Waals surface area contributed by atoms with Crippen molar-refractivity contribution in [1.82, 2.24) is 4.90 Å². The van der Waals surface area contributed by atoms with Crippen LogP contribution in [0.1, 0.15) is 18.5 Å². The smallest absolute Gasteiger partial charge is 0.231 e.